The minimum atomic E-state index is -0.0755. The van der Waals surface area contributed by atoms with Gasteiger partial charge in [-0.2, -0.15) is 0 Å². The van der Waals surface area contributed by atoms with Crippen LogP contribution in [0.25, 0.3) is 0 Å². The number of carbonyl (C=O) groups excluding carboxylic acids is 1. The number of benzene rings is 1. The average Bonchev–Trinajstić information content (AvgIpc) is 3.09. The second-order valence-electron chi connectivity index (χ2n) is 8.02. The van der Waals surface area contributed by atoms with Crippen LogP contribution in [0.1, 0.15) is 69.4 Å². The zero-order valence-electron chi connectivity index (χ0n) is 15.1. The van der Waals surface area contributed by atoms with Crippen molar-refractivity contribution in [1.82, 2.24) is 5.32 Å². The molecule has 2 aliphatic carbocycles. The zero-order chi connectivity index (χ0) is 17.3. The second kappa shape index (κ2) is 6.99. The summed E-state index contributed by atoms with van der Waals surface area (Å²) >= 11 is 0. The van der Waals surface area contributed by atoms with Gasteiger partial charge in [-0.25, -0.2) is 0 Å². The molecule has 1 aliphatic heterocycles. The number of para-hydroxylation sites is 1. The maximum atomic E-state index is 12.9. The summed E-state index contributed by atoms with van der Waals surface area (Å²) in [6.45, 7) is 0. The van der Waals surface area contributed by atoms with Gasteiger partial charge < -0.3 is 14.8 Å². The number of hydrogen-bond acceptors (Lipinski definition) is 3. The molecule has 25 heavy (non-hydrogen) atoms. The lowest BCUT2D eigenvalue weighted by atomic mass is 9.84. The topological polar surface area (TPSA) is 47.6 Å². The lowest BCUT2D eigenvalue weighted by Crippen LogP contribution is -2.45. The van der Waals surface area contributed by atoms with Gasteiger partial charge in [-0.15, -0.1) is 0 Å². The molecule has 4 rings (SSSR count). The van der Waals surface area contributed by atoms with Crippen LogP contribution in [0.3, 0.4) is 0 Å². The van der Waals surface area contributed by atoms with E-state index in [0.29, 0.717) is 0 Å². The third-order valence-corrected chi connectivity index (χ3v) is 6.36. The van der Waals surface area contributed by atoms with Gasteiger partial charge in [-0.3, -0.25) is 4.79 Å². The SMILES string of the molecule is CO[C@H]1CCC[C@H](C(=O)N[C@@H]2CC3(CCCC3)Oc3ccccc32)C1. The molecule has 4 heteroatoms. The molecule has 1 N–H and O–H groups in total. The molecule has 1 spiro atoms. The normalized spacial score (nSPS) is 30.5. The van der Waals surface area contributed by atoms with Gasteiger partial charge in [-0.1, -0.05) is 24.6 Å². The van der Waals surface area contributed by atoms with E-state index in [1.54, 1.807) is 7.11 Å². The zero-order valence-corrected chi connectivity index (χ0v) is 15.1. The largest absolute Gasteiger partial charge is 0.487 e. The summed E-state index contributed by atoms with van der Waals surface area (Å²) in [4.78, 5) is 12.9. The first kappa shape index (κ1) is 16.9. The first-order valence-corrected chi connectivity index (χ1v) is 9.80. The van der Waals surface area contributed by atoms with Crippen molar-refractivity contribution in [3.05, 3.63) is 29.8 Å². The number of ether oxygens (including phenoxy) is 2. The molecule has 136 valence electrons. The molecule has 1 aromatic carbocycles. The summed E-state index contributed by atoms with van der Waals surface area (Å²) < 4.78 is 11.9. The molecular formula is C21H29NO3. The highest BCUT2D eigenvalue weighted by Crippen LogP contribution is 2.47. The van der Waals surface area contributed by atoms with Gasteiger partial charge in [0.05, 0.1) is 12.1 Å². The van der Waals surface area contributed by atoms with Gasteiger partial charge >= 0.3 is 0 Å². The third-order valence-electron chi connectivity index (χ3n) is 6.36. The highest BCUT2D eigenvalue weighted by atomic mass is 16.5. The monoisotopic (exact) mass is 343 g/mol. The molecule has 1 aromatic rings. The predicted octanol–water partition coefficient (Wildman–Crippen LogP) is 4.14. The molecule has 4 nitrogen and oxygen atoms in total. The molecule has 3 atom stereocenters. The summed E-state index contributed by atoms with van der Waals surface area (Å²) in [5, 5.41) is 3.37. The van der Waals surface area contributed by atoms with E-state index in [0.717, 1.165) is 56.3 Å². The standard InChI is InChI=1S/C21H29NO3/c1-24-16-8-6-7-15(13-16)20(23)22-18-14-21(11-4-5-12-21)25-19-10-3-2-9-17(18)19/h2-3,9-10,15-16,18H,4-8,11-14H2,1H3,(H,22,23)/t15-,16-,18+/m0/s1. The van der Waals surface area contributed by atoms with Crippen LogP contribution in [-0.4, -0.2) is 24.7 Å². The Bertz CT molecular complexity index is 623. The Morgan fingerprint density at radius 1 is 1.20 bits per heavy atom. The highest BCUT2D eigenvalue weighted by Gasteiger charge is 2.43. The quantitative estimate of drug-likeness (QED) is 0.897. The summed E-state index contributed by atoms with van der Waals surface area (Å²) in [5.74, 6) is 1.23. The van der Waals surface area contributed by atoms with Gasteiger partial charge in [0.1, 0.15) is 11.4 Å². The number of hydrogen-bond donors (Lipinski definition) is 1. The maximum Gasteiger partial charge on any atom is 0.223 e. The Hall–Kier alpha value is -1.55. The Labute approximate surface area is 150 Å². The summed E-state index contributed by atoms with van der Waals surface area (Å²) in [6, 6.07) is 8.28. The molecule has 0 radical (unpaired) electrons. The maximum absolute atomic E-state index is 12.9. The van der Waals surface area contributed by atoms with Crippen LogP contribution in [0.4, 0.5) is 0 Å². The molecule has 1 heterocycles. The molecular weight excluding hydrogens is 314 g/mol. The van der Waals surface area contributed by atoms with Crippen molar-refractivity contribution >= 4 is 5.91 Å². The number of fused-ring (bicyclic) bond motifs is 1. The number of rotatable bonds is 3. The van der Waals surface area contributed by atoms with Crippen LogP contribution in [0.15, 0.2) is 24.3 Å². The van der Waals surface area contributed by atoms with Crippen molar-refractivity contribution in [1.29, 1.82) is 0 Å². The van der Waals surface area contributed by atoms with Crippen molar-refractivity contribution in [2.24, 2.45) is 5.92 Å². The third kappa shape index (κ3) is 3.41. The summed E-state index contributed by atoms with van der Waals surface area (Å²) in [7, 11) is 1.75. The highest BCUT2D eigenvalue weighted by molar-refractivity contribution is 5.79. The molecule has 3 aliphatic rings. The molecule has 0 bridgehead atoms. The summed E-state index contributed by atoms with van der Waals surface area (Å²) in [6.07, 6.45) is 9.74. The lowest BCUT2D eigenvalue weighted by molar-refractivity contribution is -0.129. The second-order valence-corrected chi connectivity index (χ2v) is 8.02. The smallest absolute Gasteiger partial charge is 0.223 e. The Morgan fingerprint density at radius 3 is 2.80 bits per heavy atom. The van der Waals surface area contributed by atoms with E-state index in [2.05, 4.69) is 17.4 Å². The van der Waals surface area contributed by atoms with Gasteiger partial charge in [0, 0.05) is 25.0 Å². The van der Waals surface area contributed by atoms with Crippen molar-refractivity contribution in [3.8, 4) is 5.75 Å². The van der Waals surface area contributed by atoms with E-state index in [-0.39, 0.29) is 29.6 Å². The minimum absolute atomic E-state index is 0.0680. The van der Waals surface area contributed by atoms with Crippen molar-refractivity contribution < 1.29 is 14.3 Å². The fraction of sp³-hybridized carbons (Fsp3) is 0.667. The molecule has 2 saturated carbocycles. The van der Waals surface area contributed by atoms with E-state index in [9.17, 15) is 4.79 Å². The van der Waals surface area contributed by atoms with E-state index in [1.807, 2.05) is 12.1 Å². The average molecular weight is 343 g/mol. The first-order chi connectivity index (χ1) is 12.2. The van der Waals surface area contributed by atoms with Crippen LogP contribution < -0.4 is 10.1 Å². The van der Waals surface area contributed by atoms with E-state index in [4.69, 9.17) is 9.47 Å². The van der Waals surface area contributed by atoms with E-state index >= 15 is 0 Å². The van der Waals surface area contributed by atoms with Crippen LogP contribution in [0.2, 0.25) is 0 Å². The lowest BCUT2D eigenvalue weighted by Gasteiger charge is -2.41. The van der Waals surface area contributed by atoms with Gasteiger partial charge in [0.15, 0.2) is 0 Å². The van der Waals surface area contributed by atoms with Gasteiger partial charge in [-0.05, 0) is 51.0 Å². The van der Waals surface area contributed by atoms with E-state index in [1.165, 1.54) is 12.8 Å². The van der Waals surface area contributed by atoms with Crippen LogP contribution in [-0.2, 0) is 9.53 Å². The molecule has 2 fully saturated rings. The van der Waals surface area contributed by atoms with Crippen LogP contribution in [0.5, 0.6) is 5.75 Å². The number of methoxy groups -OCH3 is 1. The fourth-order valence-electron chi connectivity index (χ4n) is 4.96. The van der Waals surface area contributed by atoms with Crippen LogP contribution in [0, 0.1) is 5.92 Å². The van der Waals surface area contributed by atoms with Crippen molar-refractivity contribution in [2.75, 3.05) is 7.11 Å². The Kier molecular flexibility index (Phi) is 4.72. The summed E-state index contributed by atoms with van der Waals surface area (Å²) in [5.41, 5.74) is 1.06. The fourth-order valence-corrected chi connectivity index (χ4v) is 4.96. The molecule has 1 amide bonds. The van der Waals surface area contributed by atoms with Crippen LogP contribution >= 0.6 is 0 Å². The molecule has 0 unspecified atom stereocenters. The molecule has 0 aromatic heterocycles. The predicted molar refractivity (Wildman–Crippen MR) is 96.5 cm³/mol. The Morgan fingerprint density at radius 2 is 2.00 bits per heavy atom. The van der Waals surface area contributed by atoms with Crippen molar-refractivity contribution in [3.63, 3.8) is 0 Å². The minimum Gasteiger partial charge on any atom is -0.487 e. The van der Waals surface area contributed by atoms with Gasteiger partial charge in [0.2, 0.25) is 5.91 Å². The first-order valence-electron chi connectivity index (χ1n) is 9.80. The number of amides is 1. The Balaban J connectivity index is 1.51. The van der Waals surface area contributed by atoms with E-state index < -0.39 is 0 Å². The van der Waals surface area contributed by atoms with Gasteiger partial charge in [0.25, 0.3) is 0 Å². The molecule has 0 saturated heterocycles. The van der Waals surface area contributed by atoms with Crippen molar-refractivity contribution in [2.45, 2.75) is 75.5 Å². The number of nitrogens with one attached hydrogen (secondary N) is 1. The number of carbonyl (C=O) groups is 1.